The molecule has 118 valence electrons. The van der Waals surface area contributed by atoms with Crippen molar-refractivity contribution < 1.29 is 4.79 Å². The van der Waals surface area contributed by atoms with Crippen molar-refractivity contribution in [2.75, 3.05) is 39.3 Å². The number of rotatable bonds is 9. The molecule has 0 radical (unpaired) electrons. The van der Waals surface area contributed by atoms with Gasteiger partial charge in [-0.25, -0.2) is 0 Å². The number of nitrogens with zero attached hydrogens (tertiary/aromatic N) is 2. The molecule has 0 aliphatic carbocycles. The minimum Gasteiger partial charge on any atom is -0.368 e. The first-order valence-electron chi connectivity index (χ1n) is 7.98. The molecule has 0 aromatic rings. The number of hydrogen-bond donors (Lipinski definition) is 2. The monoisotopic (exact) mass is 284 g/mol. The summed E-state index contributed by atoms with van der Waals surface area (Å²) in [5, 5.41) is 3.31. The first-order chi connectivity index (χ1) is 9.46. The third kappa shape index (κ3) is 4.43. The second kappa shape index (κ2) is 7.96. The molecule has 1 aliphatic rings. The first-order valence-corrected chi connectivity index (χ1v) is 7.98. The van der Waals surface area contributed by atoms with Crippen LogP contribution in [0.4, 0.5) is 0 Å². The fourth-order valence-electron chi connectivity index (χ4n) is 3.06. The van der Waals surface area contributed by atoms with Gasteiger partial charge in [-0.1, -0.05) is 20.8 Å². The summed E-state index contributed by atoms with van der Waals surface area (Å²) in [7, 11) is 0. The summed E-state index contributed by atoms with van der Waals surface area (Å²) in [6.07, 6.45) is 2.19. The van der Waals surface area contributed by atoms with Gasteiger partial charge in [0, 0.05) is 19.1 Å². The van der Waals surface area contributed by atoms with Crippen molar-refractivity contribution in [1.82, 2.24) is 15.1 Å². The van der Waals surface area contributed by atoms with E-state index in [1.807, 2.05) is 6.92 Å². The molecule has 1 rings (SSSR count). The van der Waals surface area contributed by atoms with Gasteiger partial charge in [0.05, 0.1) is 0 Å². The molecule has 0 aromatic carbocycles. The Morgan fingerprint density at radius 3 is 2.55 bits per heavy atom. The predicted octanol–water partition coefficient (Wildman–Crippen LogP) is 0.646. The van der Waals surface area contributed by atoms with E-state index in [0.29, 0.717) is 12.6 Å². The van der Waals surface area contributed by atoms with Crippen molar-refractivity contribution in [3.8, 4) is 0 Å². The topological polar surface area (TPSA) is 61.6 Å². The molecule has 2 atom stereocenters. The summed E-state index contributed by atoms with van der Waals surface area (Å²) >= 11 is 0. The molecule has 0 spiro atoms. The maximum atomic E-state index is 11.8. The highest BCUT2D eigenvalue weighted by atomic mass is 16.1. The highest BCUT2D eigenvalue weighted by molar-refractivity contribution is 5.84. The summed E-state index contributed by atoms with van der Waals surface area (Å²) in [5.41, 5.74) is 4.98. The third-order valence-electron chi connectivity index (χ3n) is 4.43. The lowest BCUT2D eigenvalue weighted by atomic mass is 10.0. The number of nitrogens with one attached hydrogen (secondary N) is 1. The molecule has 5 nitrogen and oxygen atoms in total. The number of carbonyl (C=O) groups is 1. The Kier molecular flexibility index (Phi) is 6.92. The Morgan fingerprint density at radius 2 is 2.05 bits per heavy atom. The summed E-state index contributed by atoms with van der Waals surface area (Å²) in [4.78, 5) is 16.6. The lowest BCUT2D eigenvalue weighted by Crippen LogP contribution is -2.59. The maximum Gasteiger partial charge on any atom is 0.238 e. The summed E-state index contributed by atoms with van der Waals surface area (Å²) < 4.78 is 0. The molecular weight excluding hydrogens is 252 g/mol. The molecule has 20 heavy (non-hydrogen) atoms. The quantitative estimate of drug-likeness (QED) is 0.652. The van der Waals surface area contributed by atoms with Crippen molar-refractivity contribution in [2.45, 2.75) is 52.1 Å². The second-order valence-corrected chi connectivity index (χ2v) is 6.02. The molecular formula is C15H32N4O. The largest absolute Gasteiger partial charge is 0.368 e. The average Bonchev–Trinajstić information content (AvgIpc) is 2.86. The van der Waals surface area contributed by atoms with E-state index in [9.17, 15) is 4.79 Å². The van der Waals surface area contributed by atoms with Crippen LogP contribution in [0.3, 0.4) is 0 Å². The number of likely N-dealkylation sites (tertiary alicyclic amines) is 1. The third-order valence-corrected chi connectivity index (χ3v) is 4.43. The van der Waals surface area contributed by atoms with Crippen LogP contribution >= 0.6 is 0 Å². The first kappa shape index (κ1) is 17.4. The zero-order chi connectivity index (χ0) is 15.2. The van der Waals surface area contributed by atoms with Gasteiger partial charge in [0.15, 0.2) is 0 Å². The van der Waals surface area contributed by atoms with E-state index in [-0.39, 0.29) is 5.91 Å². The number of carbonyl (C=O) groups excluding carboxylic acids is 1. The van der Waals surface area contributed by atoms with Crippen LogP contribution in [0.2, 0.25) is 0 Å². The lowest BCUT2D eigenvalue weighted by molar-refractivity contribution is -0.124. The molecule has 0 bridgehead atoms. The van der Waals surface area contributed by atoms with Gasteiger partial charge < -0.3 is 11.1 Å². The van der Waals surface area contributed by atoms with Crippen LogP contribution in [0.25, 0.3) is 0 Å². The van der Waals surface area contributed by atoms with E-state index in [2.05, 4.69) is 35.9 Å². The predicted molar refractivity (Wildman–Crippen MR) is 83.7 cm³/mol. The van der Waals surface area contributed by atoms with Crippen LogP contribution in [-0.4, -0.2) is 66.6 Å². The van der Waals surface area contributed by atoms with Gasteiger partial charge in [-0.2, -0.15) is 0 Å². The number of hydrogen-bond acceptors (Lipinski definition) is 4. The smallest absolute Gasteiger partial charge is 0.238 e. The van der Waals surface area contributed by atoms with E-state index in [4.69, 9.17) is 5.73 Å². The number of nitrogens with two attached hydrogens (primary N) is 1. The van der Waals surface area contributed by atoms with Crippen LogP contribution < -0.4 is 11.1 Å². The zero-order valence-corrected chi connectivity index (χ0v) is 13.6. The minimum atomic E-state index is -0.617. The lowest BCUT2D eigenvalue weighted by Gasteiger charge is -2.33. The van der Waals surface area contributed by atoms with Crippen molar-refractivity contribution >= 4 is 5.91 Å². The molecule has 3 N–H and O–H groups in total. The Bertz CT molecular complexity index is 306. The number of amides is 1. The molecule has 5 heteroatoms. The molecule has 1 fully saturated rings. The SMILES string of the molecule is CCCNC(C)(CN1CCC(N(CC)CC)C1)C(N)=O. The van der Waals surface area contributed by atoms with Gasteiger partial charge in [0.1, 0.15) is 5.54 Å². The Hall–Kier alpha value is -0.650. The van der Waals surface area contributed by atoms with Crippen molar-refractivity contribution in [2.24, 2.45) is 5.73 Å². The molecule has 1 aliphatic heterocycles. The highest BCUT2D eigenvalue weighted by Gasteiger charge is 2.36. The Balaban J connectivity index is 2.57. The highest BCUT2D eigenvalue weighted by Crippen LogP contribution is 2.18. The van der Waals surface area contributed by atoms with Gasteiger partial charge in [-0.15, -0.1) is 0 Å². The van der Waals surface area contributed by atoms with Gasteiger partial charge in [-0.3, -0.25) is 14.6 Å². The van der Waals surface area contributed by atoms with Crippen molar-refractivity contribution in [3.05, 3.63) is 0 Å². The van der Waals surface area contributed by atoms with E-state index in [1.54, 1.807) is 0 Å². The van der Waals surface area contributed by atoms with Gasteiger partial charge in [-0.05, 0) is 45.9 Å². The maximum absolute atomic E-state index is 11.8. The molecule has 1 amide bonds. The number of primary amides is 1. The van der Waals surface area contributed by atoms with Gasteiger partial charge >= 0.3 is 0 Å². The zero-order valence-electron chi connectivity index (χ0n) is 13.6. The Morgan fingerprint density at radius 1 is 1.40 bits per heavy atom. The second-order valence-electron chi connectivity index (χ2n) is 6.02. The van der Waals surface area contributed by atoms with Crippen LogP contribution in [0.15, 0.2) is 0 Å². The fourth-order valence-corrected chi connectivity index (χ4v) is 3.06. The van der Waals surface area contributed by atoms with Gasteiger partial charge in [0.2, 0.25) is 5.91 Å². The van der Waals surface area contributed by atoms with Crippen LogP contribution in [0.1, 0.15) is 40.5 Å². The van der Waals surface area contributed by atoms with Crippen LogP contribution in [0, 0.1) is 0 Å². The molecule has 0 saturated carbocycles. The van der Waals surface area contributed by atoms with E-state index >= 15 is 0 Å². The van der Waals surface area contributed by atoms with Crippen LogP contribution in [-0.2, 0) is 4.79 Å². The van der Waals surface area contributed by atoms with E-state index in [1.165, 1.54) is 6.42 Å². The normalized spacial score (nSPS) is 23.1. The van der Waals surface area contributed by atoms with Gasteiger partial charge in [0.25, 0.3) is 0 Å². The summed E-state index contributed by atoms with van der Waals surface area (Å²) in [6.45, 7) is 14.3. The number of likely N-dealkylation sites (N-methyl/N-ethyl adjacent to an activating group) is 1. The fraction of sp³-hybridized carbons (Fsp3) is 0.933. The molecule has 0 aromatic heterocycles. The van der Waals surface area contributed by atoms with E-state index in [0.717, 1.165) is 39.1 Å². The minimum absolute atomic E-state index is 0.253. The van der Waals surface area contributed by atoms with Crippen molar-refractivity contribution in [1.29, 1.82) is 0 Å². The molecule has 1 saturated heterocycles. The molecule has 1 heterocycles. The molecule has 2 unspecified atom stereocenters. The van der Waals surface area contributed by atoms with Crippen LogP contribution in [0.5, 0.6) is 0 Å². The van der Waals surface area contributed by atoms with E-state index < -0.39 is 5.54 Å². The average molecular weight is 284 g/mol. The Labute approximate surface area is 123 Å². The standard InChI is InChI=1S/C15H32N4O/c1-5-9-17-15(4,14(16)20)12-18-10-8-13(11-18)19(6-2)7-3/h13,17H,5-12H2,1-4H3,(H2,16,20). The summed E-state index contributed by atoms with van der Waals surface area (Å²) in [5.74, 6) is -0.253. The van der Waals surface area contributed by atoms with Crippen molar-refractivity contribution in [3.63, 3.8) is 0 Å². The summed E-state index contributed by atoms with van der Waals surface area (Å²) in [6, 6.07) is 0.619.